The molecule has 4 atom stereocenters. The molecule has 1 aliphatic carbocycles. The topological polar surface area (TPSA) is 160 Å². The normalized spacial score (nSPS) is 22.3. The van der Waals surface area contributed by atoms with Gasteiger partial charge in [0.1, 0.15) is 18.1 Å². The summed E-state index contributed by atoms with van der Waals surface area (Å²) < 4.78 is 15.6. The Hall–Kier alpha value is -3.64. The van der Waals surface area contributed by atoms with E-state index in [0.29, 0.717) is 39.7 Å². The molecule has 1 saturated heterocycles. The van der Waals surface area contributed by atoms with Gasteiger partial charge in [0.2, 0.25) is 11.8 Å². The fourth-order valence-electron chi connectivity index (χ4n) is 5.54. The van der Waals surface area contributed by atoms with Crippen molar-refractivity contribution in [2.45, 2.75) is 32.0 Å². The Balaban J connectivity index is 1.63. The molecule has 0 bridgehead atoms. The number of furan rings is 1. The number of hydrogen-bond donors (Lipinski definition) is 3. The molecular formula is C28H32N2O9. The largest absolute Gasteiger partial charge is 0.459 e. The molecule has 0 unspecified atom stereocenters. The lowest BCUT2D eigenvalue weighted by Gasteiger charge is -2.36. The van der Waals surface area contributed by atoms with Crippen molar-refractivity contribution in [2.24, 2.45) is 17.8 Å². The van der Waals surface area contributed by atoms with Gasteiger partial charge in [-0.25, -0.2) is 4.79 Å². The number of allylic oxidation sites excluding steroid dienone is 1. The average molecular weight is 541 g/mol. The van der Waals surface area contributed by atoms with Crippen LogP contribution >= 0.6 is 0 Å². The predicted molar refractivity (Wildman–Crippen MR) is 137 cm³/mol. The summed E-state index contributed by atoms with van der Waals surface area (Å²) in [6.45, 7) is -0.652. The van der Waals surface area contributed by atoms with Gasteiger partial charge in [-0.1, -0.05) is 6.07 Å². The number of nitrogens with zero attached hydrogens (tertiary/aromatic N) is 2. The summed E-state index contributed by atoms with van der Waals surface area (Å²) in [4.78, 5) is 43.2. The first-order valence-corrected chi connectivity index (χ1v) is 12.6. The zero-order valence-electron chi connectivity index (χ0n) is 21.8. The van der Waals surface area contributed by atoms with Crippen LogP contribution in [-0.2, 0) is 25.7 Å². The van der Waals surface area contributed by atoms with Crippen LogP contribution in [0.3, 0.4) is 0 Å². The number of hydrogen-bond acceptors (Lipinski definition) is 10. The molecule has 2 aliphatic rings. The molecule has 0 radical (unpaired) electrons. The number of ether oxygens (including phenoxy) is 2. The molecule has 4 rings (SSSR count). The number of aromatic nitrogens is 1. The lowest BCUT2D eigenvalue weighted by Crippen LogP contribution is -2.40. The average Bonchev–Trinajstić information content (AvgIpc) is 3.51. The molecule has 2 aromatic heterocycles. The second kappa shape index (κ2) is 12.5. The van der Waals surface area contributed by atoms with Gasteiger partial charge in [0.05, 0.1) is 44.0 Å². The van der Waals surface area contributed by atoms with Gasteiger partial charge in [-0.05, 0) is 66.3 Å². The molecule has 3 amide bonds. The first kappa shape index (κ1) is 28.4. The van der Waals surface area contributed by atoms with Crippen molar-refractivity contribution in [1.82, 2.24) is 9.88 Å². The molecule has 39 heavy (non-hydrogen) atoms. The summed E-state index contributed by atoms with van der Waals surface area (Å²) in [6, 6.07) is 8.85. The van der Waals surface area contributed by atoms with Crippen LogP contribution in [0.25, 0.3) is 11.6 Å². The fraction of sp³-hybridized carbons (Fsp3) is 0.429. The number of rotatable bonds is 10. The number of imide groups is 3. The fourth-order valence-corrected chi connectivity index (χ4v) is 5.54. The molecule has 0 saturated carbocycles. The first-order chi connectivity index (χ1) is 18.8. The van der Waals surface area contributed by atoms with Crippen molar-refractivity contribution in [3.63, 3.8) is 0 Å². The van der Waals surface area contributed by atoms with Crippen molar-refractivity contribution in [3.8, 4) is 0 Å². The Labute approximate surface area is 225 Å². The Morgan fingerprint density at radius 1 is 1.21 bits per heavy atom. The third-order valence-electron chi connectivity index (χ3n) is 7.25. The molecule has 3 heterocycles. The number of amides is 3. The number of carbonyl (C=O) groups excluding carboxylic acids is 3. The highest BCUT2D eigenvalue weighted by Crippen LogP contribution is 2.46. The third kappa shape index (κ3) is 5.71. The van der Waals surface area contributed by atoms with E-state index in [9.17, 15) is 29.7 Å². The molecule has 0 spiro atoms. The molecule has 208 valence electrons. The molecule has 11 heteroatoms. The van der Waals surface area contributed by atoms with Gasteiger partial charge in [0.15, 0.2) is 0 Å². The Bertz CT molecular complexity index is 1270. The van der Waals surface area contributed by atoms with Gasteiger partial charge in [-0.2, -0.15) is 4.90 Å². The van der Waals surface area contributed by atoms with E-state index in [-0.39, 0.29) is 26.1 Å². The lowest BCUT2D eigenvalue weighted by atomic mass is 9.68. The van der Waals surface area contributed by atoms with Crippen LogP contribution in [-0.4, -0.2) is 76.6 Å². The van der Waals surface area contributed by atoms with Gasteiger partial charge in [-0.3, -0.25) is 14.6 Å². The maximum absolute atomic E-state index is 13.1. The second-order valence-corrected chi connectivity index (χ2v) is 9.50. The molecule has 11 nitrogen and oxygen atoms in total. The highest BCUT2D eigenvalue weighted by atomic mass is 16.5. The minimum Gasteiger partial charge on any atom is -0.459 e. The van der Waals surface area contributed by atoms with Crippen molar-refractivity contribution in [3.05, 3.63) is 64.9 Å². The monoisotopic (exact) mass is 540 g/mol. The van der Waals surface area contributed by atoms with Crippen LogP contribution in [0.5, 0.6) is 0 Å². The van der Waals surface area contributed by atoms with E-state index in [1.165, 1.54) is 7.11 Å². The third-order valence-corrected chi connectivity index (χ3v) is 7.25. The smallest absolute Gasteiger partial charge is 0.423 e. The predicted octanol–water partition coefficient (Wildman–Crippen LogP) is 2.17. The minimum atomic E-state index is -1.08. The van der Waals surface area contributed by atoms with Crippen molar-refractivity contribution in [2.75, 3.05) is 27.4 Å². The lowest BCUT2D eigenvalue weighted by molar-refractivity contribution is -0.137. The van der Waals surface area contributed by atoms with Gasteiger partial charge < -0.3 is 29.2 Å². The maximum Gasteiger partial charge on any atom is 0.423 e. The quantitative estimate of drug-likeness (QED) is 0.301. The Kier molecular flexibility index (Phi) is 9.08. The highest BCUT2D eigenvalue weighted by Gasteiger charge is 2.57. The van der Waals surface area contributed by atoms with Crippen LogP contribution < -0.4 is 0 Å². The van der Waals surface area contributed by atoms with E-state index in [2.05, 4.69) is 9.72 Å². The molecule has 2 aromatic rings. The van der Waals surface area contributed by atoms with E-state index in [0.717, 1.165) is 12.7 Å². The summed E-state index contributed by atoms with van der Waals surface area (Å²) in [5.74, 6) is -3.25. The molecule has 0 aromatic carbocycles. The number of methoxy groups -OCH3 is 2. The Morgan fingerprint density at radius 3 is 2.62 bits per heavy atom. The van der Waals surface area contributed by atoms with Crippen LogP contribution in [0.1, 0.15) is 36.5 Å². The summed E-state index contributed by atoms with van der Waals surface area (Å²) >= 11 is 0. The number of aliphatic hydroxyl groups excluding tert-OH is 3. The number of pyridine rings is 1. The first-order valence-electron chi connectivity index (χ1n) is 12.6. The minimum absolute atomic E-state index is 0.0884. The van der Waals surface area contributed by atoms with Crippen molar-refractivity contribution < 1.29 is 43.6 Å². The van der Waals surface area contributed by atoms with Crippen molar-refractivity contribution >= 4 is 29.6 Å². The van der Waals surface area contributed by atoms with Gasteiger partial charge in [-0.15, -0.1) is 0 Å². The van der Waals surface area contributed by atoms with E-state index in [4.69, 9.17) is 9.15 Å². The summed E-state index contributed by atoms with van der Waals surface area (Å²) in [5.41, 5.74) is 2.49. The van der Waals surface area contributed by atoms with Crippen LogP contribution in [0.15, 0.2) is 52.1 Å². The van der Waals surface area contributed by atoms with Gasteiger partial charge in [0.25, 0.3) is 0 Å². The van der Waals surface area contributed by atoms with Crippen molar-refractivity contribution in [1.29, 1.82) is 0 Å². The van der Waals surface area contributed by atoms with Gasteiger partial charge in [0, 0.05) is 19.2 Å². The van der Waals surface area contributed by atoms with E-state index in [1.807, 2.05) is 12.1 Å². The highest BCUT2D eigenvalue weighted by molar-refractivity contribution is 6.16. The van der Waals surface area contributed by atoms with E-state index < -0.39 is 48.4 Å². The molecule has 3 N–H and O–H groups in total. The second-order valence-electron chi connectivity index (χ2n) is 9.50. The van der Waals surface area contributed by atoms with Crippen LogP contribution in [0.2, 0.25) is 0 Å². The molecule has 1 fully saturated rings. The Morgan fingerprint density at radius 2 is 2.00 bits per heavy atom. The zero-order valence-corrected chi connectivity index (χ0v) is 21.8. The SMILES string of the molecule is COCC1=C([C@H](O)CC/C(=C/c2ccc(CO)o2)c2ccccn2)[C@H](CO)[C@@H]2C(=O)N(C(=O)OC)C(=O)[C@@H]2C1. The van der Waals surface area contributed by atoms with E-state index >= 15 is 0 Å². The number of carbonyl (C=O) groups is 3. The molecule has 1 aliphatic heterocycles. The summed E-state index contributed by atoms with van der Waals surface area (Å²) in [7, 11) is 2.56. The number of fused-ring (bicyclic) bond motifs is 1. The summed E-state index contributed by atoms with van der Waals surface area (Å²) in [6.07, 6.45) is 1.95. The maximum atomic E-state index is 13.1. The van der Waals surface area contributed by atoms with Crippen LogP contribution in [0, 0.1) is 17.8 Å². The number of aliphatic hydroxyl groups is 3. The summed E-state index contributed by atoms with van der Waals surface area (Å²) in [5, 5.41) is 31.1. The molecular weight excluding hydrogens is 508 g/mol. The number of likely N-dealkylation sites (tertiary alicyclic amines) is 1. The standard InChI is InChI=1S/C28H32N2O9/c1-37-15-17-12-20-25(27(35)30(26(20)34)28(36)38-2)21(14-32)24(17)23(33)9-6-16(22-5-3-4-10-29-22)11-18-7-8-19(13-31)39-18/h3-5,7-8,10-11,20-21,23,25,31-33H,6,9,12-15H2,1-2H3/b16-11-/t20-,21+,23-,25-/m1/s1. The van der Waals surface area contributed by atoms with E-state index in [1.54, 1.807) is 30.5 Å². The zero-order chi connectivity index (χ0) is 28.1. The van der Waals surface area contributed by atoms with Gasteiger partial charge >= 0.3 is 6.09 Å². The van der Waals surface area contributed by atoms with Crippen LogP contribution in [0.4, 0.5) is 4.79 Å².